The number of tetrazole rings is 1. The summed E-state index contributed by atoms with van der Waals surface area (Å²) in [4.78, 5) is 13.6. The summed E-state index contributed by atoms with van der Waals surface area (Å²) in [5.74, 6) is 0.629. The van der Waals surface area contributed by atoms with Gasteiger partial charge in [0.15, 0.2) is 0 Å². The molecule has 1 aromatic heterocycles. The van der Waals surface area contributed by atoms with E-state index >= 15 is 0 Å². The van der Waals surface area contributed by atoms with Crippen LogP contribution in [0.1, 0.15) is 33.2 Å². The van der Waals surface area contributed by atoms with E-state index in [1.54, 1.807) is 6.92 Å². The average molecular weight is 317 g/mol. The Morgan fingerprint density at radius 3 is 2.57 bits per heavy atom. The molecule has 7 heteroatoms. The van der Waals surface area contributed by atoms with Crippen molar-refractivity contribution in [1.29, 1.82) is 0 Å². The highest BCUT2D eigenvalue weighted by Crippen LogP contribution is 2.14. The number of aromatic nitrogens is 4. The van der Waals surface area contributed by atoms with Crippen molar-refractivity contribution in [2.24, 2.45) is 5.92 Å². The molecule has 0 spiro atoms. The summed E-state index contributed by atoms with van der Waals surface area (Å²) < 4.78 is 0. The second-order valence-corrected chi connectivity index (χ2v) is 5.99. The zero-order valence-electron chi connectivity index (χ0n) is 13.7. The van der Waals surface area contributed by atoms with Crippen molar-refractivity contribution < 1.29 is 9.90 Å². The van der Waals surface area contributed by atoms with Gasteiger partial charge in [-0.25, -0.2) is 0 Å². The summed E-state index contributed by atoms with van der Waals surface area (Å²) in [6.07, 6.45) is 0.717. The molecule has 124 valence electrons. The van der Waals surface area contributed by atoms with Crippen molar-refractivity contribution in [2.75, 3.05) is 6.61 Å². The molecule has 0 radical (unpaired) electrons. The molecule has 2 aromatic rings. The van der Waals surface area contributed by atoms with Crippen molar-refractivity contribution in [3.8, 4) is 11.4 Å². The number of carbonyl (C=O) groups excluding carboxylic acids is 1. The van der Waals surface area contributed by atoms with Gasteiger partial charge in [-0.1, -0.05) is 44.2 Å². The highest BCUT2D eigenvalue weighted by molar-refractivity contribution is 5.80. The number of aliphatic hydroxyl groups is 1. The summed E-state index contributed by atoms with van der Waals surface area (Å²) in [7, 11) is 0. The minimum atomic E-state index is -0.596. The largest absolute Gasteiger partial charge is 0.394 e. The number of nitrogens with zero attached hydrogens (tertiary/aromatic N) is 4. The van der Waals surface area contributed by atoms with Gasteiger partial charge in [0.2, 0.25) is 11.7 Å². The first kappa shape index (κ1) is 17.1. The van der Waals surface area contributed by atoms with Gasteiger partial charge >= 0.3 is 0 Å². The molecule has 1 heterocycles. The summed E-state index contributed by atoms with van der Waals surface area (Å²) in [6, 6.07) is 8.61. The predicted molar refractivity (Wildman–Crippen MR) is 86.4 cm³/mol. The molecular formula is C16H23N5O2. The van der Waals surface area contributed by atoms with E-state index in [9.17, 15) is 9.90 Å². The standard InChI is InChI=1S/C16H23N5O2/c1-11(2)9-14(10-22)17-16(23)12(3)21-19-15(18-20-21)13-7-5-4-6-8-13/h4-8,11-12,14,22H,9-10H2,1-3H3,(H,17,23). The predicted octanol–water partition coefficient (Wildman–Crippen LogP) is 1.42. The molecule has 0 fully saturated rings. The van der Waals surface area contributed by atoms with Gasteiger partial charge < -0.3 is 10.4 Å². The smallest absolute Gasteiger partial charge is 0.246 e. The number of benzene rings is 1. The lowest BCUT2D eigenvalue weighted by atomic mass is 10.0. The van der Waals surface area contributed by atoms with Crippen LogP contribution >= 0.6 is 0 Å². The fourth-order valence-corrected chi connectivity index (χ4v) is 2.27. The number of hydrogen-bond donors (Lipinski definition) is 2. The molecule has 7 nitrogen and oxygen atoms in total. The third kappa shape index (κ3) is 4.59. The Morgan fingerprint density at radius 1 is 1.26 bits per heavy atom. The van der Waals surface area contributed by atoms with Crippen LogP contribution < -0.4 is 5.32 Å². The molecule has 2 unspecified atom stereocenters. The van der Waals surface area contributed by atoms with E-state index in [1.807, 2.05) is 44.2 Å². The fourth-order valence-electron chi connectivity index (χ4n) is 2.27. The molecule has 0 bridgehead atoms. The molecular weight excluding hydrogens is 294 g/mol. The zero-order valence-corrected chi connectivity index (χ0v) is 13.7. The van der Waals surface area contributed by atoms with Crippen LogP contribution in [-0.2, 0) is 4.79 Å². The summed E-state index contributed by atoms with van der Waals surface area (Å²) >= 11 is 0. The fraction of sp³-hybridized carbons (Fsp3) is 0.500. The van der Waals surface area contributed by atoms with Gasteiger partial charge in [-0.05, 0) is 24.5 Å². The highest BCUT2D eigenvalue weighted by Gasteiger charge is 2.21. The number of hydrogen-bond acceptors (Lipinski definition) is 5. The zero-order chi connectivity index (χ0) is 16.8. The van der Waals surface area contributed by atoms with Crippen LogP contribution in [0.4, 0.5) is 0 Å². The summed E-state index contributed by atoms with van der Waals surface area (Å²) in [5.41, 5.74) is 0.847. The van der Waals surface area contributed by atoms with Crippen molar-refractivity contribution >= 4 is 5.91 Å². The third-order valence-corrected chi connectivity index (χ3v) is 3.51. The van der Waals surface area contributed by atoms with Gasteiger partial charge in [-0.2, -0.15) is 4.80 Å². The first-order chi connectivity index (χ1) is 11.0. The highest BCUT2D eigenvalue weighted by atomic mass is 16.3. The minimum absolute atomic E-state index is 0.0866. The van der Waals surface area contributed by atoms with Gasteiger partial charge in [-0.15, -0.1) is 10.2 Å². The average Bonchev–Trinajstić information content (AvgIpc) is 3.03. The maximum absolute atomic E-state index is 12.3. The van der Waals surface area contributed by atoms with Crippen LogP contribution in [0.15, 0.2) is 30.3 Å². The van der Waals surface area contributed by atoms with Crippen molar-refractivity contribution in [3.63, 3.8) is 0 Å². The topological polar surface area (TPSA) is 92.9 Å². The summed E-state index contributed by atoms with van der Waals surface area (Å²) in [6.45, 7) is 5.71. The van der Waals surface area contributed by atoms with Crippen LogP contribution in [-0.4, -0.2) is 43.9 Å². The number of nitrogens with one attached hydrogen (secondary N) is 1. The van der Waals surface area contributed by atoms with Gasteiger partial charge in [0.1, 0.15) is 6.04 Å². The molecule has 0 aliphatic carbocycles. The van der Waals surface area contributed by atoms with Gasteiger partial charge in [0.05, 0.1) is 12.6 Å². The van der Waals surface area contributed by atoms with E-state index in [0.29, 0.717) is 11.7 Å². The van der Waals surface area contributed by atoms with E-state index in [1.165, 1.54) is 4.80 Å². The van der Waals surface area contributed by atoms with Crippen LogP contribution in [0, 0.1) is 5.92 Å². The van der Waals surface area contributed by atoms with Crippen LogP contribution in [0.25, 0.3) is 11.4 Å². The van der Waals surface area contributed by atoms with Crippen LogP contribution in [0.3, 0.4) is 0 Å². The third-order valence-electron chi connectivity index (χ3n) is 3.51. The lowest BCUT2D eigenvalue weighted by Gasteiger charge is -2.20. The maximum Gasteiger partial charge on any atom is 0.246 e. The Morgan fingerprint density at radius 2 is 1.96 bits per heavy atom. The maximum atomic E-state index is 12.3. The molecule has 0 saturated carbocycles. The van der Waals surface area contributed by atoms with E-state index in [0.717, 1.165) is 12.0 Å². The Balaban J connectivity index is 2.04. The van der Waals surface area contributed by atoms with Crippen LogP contribution in [0.2, 0.25) is 0 Å². The normalized spacial score (nSPS) is 13.8. The first-order valence-electron chi connectivity index (χ1n) is 7.77. The van der Waals surface area contributed by atoms with E-state index in [-0.39, 0.29) is 18.6 Å². The van der Waals surface area contributed by atoms with Crippen LogP contribution in [0.5, 0.6) is 0 Å². The Hall–Kier alpha value is -2.28. The number of carbonyl (C=O) groups is 1. The van der Waals surface area contributed by atoms with Crippen molar-refractivity contribution in [2.45, 2.75) is 39.3 Å². The van der Waals surface area contributed by atoms with Gasteiger partial charge in [0, 0.05) is 5.56 Å². The van der Waals surface area contributed by atoms with Crippen molar-refractivity contribution in [3.05, 3.63) is 30.3 Å². The Kier molecular flexibility index (Phi) is 5.81. The lowest BCUT2D eigenvalue weighted by Crippen LogP contribution is -2.42. The minimum Gasteiger partial charge on any atom is -0.394 e. The summed E-state index contributed by atoms with van der Waals surface area (Å²) in [5, 5.41) is 24.4. The van der Waals surface area contributed by atoms with E-state index in [4.69, 9.17) is 0 Å². The molecule has 2 rings (SSSR count). The van der Waals surface area contributed by atoms with Gasteiger partial charge in [0.25, 0.3) is 0 Å². The Labute approximate surface area is 135 Å². The molecule has 0 saturated heterocycles. The number of aliphatic hydroxyl groups excluding tert-OH is 1. The Bertz CT molecular complexity index is 626. The molecule has 0 aliphatic heterocycles. The second kappa shape index (κ2) is 7.82. The molecule has 1 amide bonds. The first-order valence-corrected chi connectivity index (χ1v) is 7.77. The SMILES string of the molecule is CC(C)CC(CO)NC(=O)C(C)n1nnc(-c2ccccc2)n1. The monoisotopic (exact) mass is 317 g/mol. The van der Waals surface area contributed by atoms with Crippen molar-refractivity contribution in [1.82, 2.24) is 25.5 Å². The van der Waals surface area contributed by atoms with E-state index in [2.05, 4.69) is 20.7 Å². The molecule has 2 atom stereocenters. The lowest BCUT2D eigenvalue weighted by molar-refractivity contribution is -0.125. The molecule has 0 aliphatic rings. The molecule has 2 N–H and O–H groups in total. The number of amides is 1. The second-order valence-electron chi connectivity index (χ2n) is 5.99. The molecule has 23 heavy (non-hydrogen) atoms. The van der Waals surface area contributed by atoms with E-state index < -0.39 is 6.04 Å². The number of rotatable bonds is 7. The van der Waals surface area contributed by atoms with Gasteiger partial charge in [-0.3, -0.25) is 4.79 Å². The quantitative estimate of drug-likeness (QED) is 0.805. The molecule has 1 aromatic carbocycles.